The molecule has 0 unspecified atom stereocenters. The van der Waals surface area contributed by atoms with Crippen molar-refractivity contribution >= 4 is 35.2 Å². The lowest BCUT2D eigenvalue weighted by Crippen LogP contribution is -2.17. The second kappa shape index (κ2) is 9.14. The molecule has 1 fully saturated rings. The minimum absolute atomic E-state index is 0.0367. The first-order valence-electron chi connectivity index (χ1n) is 8.43. The van der Waals surface area contributed by atoms with Crippen LogP contribution in [-0.4, -0.2) is 29.0 Å². The van der Waals surface area contributed by atoms with Crippen molar-refractivity contribution in [3.05, 3.63) is 69.8 Å². The molecule has 0 aliphatic carbocycles. The van der Waals surface area contributed by atoms with Crippen molar-refractivity contribution in [2.45, 2.75) is 17.6 Å². The number of carbonyl (C=O) groups is 1. The largest absolute Gasteiger partial charge is 0.482 e. The zero-order chi connectivity index (χ0) is 19.2. The van der Waals surface area contributed by atoms with Gasteiger partial charge in [-0.15, -0.1) is 23.5 Å². The molecule has 8 heteroatoms. The van der Waals surface area contributed by atoms with Gasteiger partial charge >= 0.3 is 5.97 Å². The van der Waals surface area contributed by atoms with Gasteiger partial charge in [0.25, 0.3) is 5.69 Å². The van der Waals surface area contributed by atoms with Gasteiger partial charge in [-0.05, 0) is 30.2 Å². The van der Waals surface area contributed by atoms with E-state index in [-0.39, 0.29) is 12.3 Å². The summed E-state index contributed by atoms with van der Waals surface area (Å²) in [5.74, 6) is 2.41. The van der Waals surface area contributed by atoms with Crippen LogP contribution < -0.4 is 4.74 Å². The van der Waals surface area contributed by atoms with Crippen molar-refractivity contribution in [1.29, 1.82) is 0 Å². The molecule has 1 aliphatic heterocycles. The third kappa shape index (κ3) is 5.40. The first-order chi connectivity index (χ1) is 13.0. The van der Waals surface area contributed by atoms with Crippen LogP contribution in [0.4, 0.5) is 5.69 Å². The van der Waals surface area contributed by atoms with Crippen molar-refractivity contribution in [2.24, 2.45) is 0 Å². The van der Waals surface area contributed by atoms with Crippen LogP contribution in [-0.2, 0) is 9.53 Å². The molecule has 27 heavy (non-hydrogen) atoms. The van der Waals surface area contributed by atoms with E-state index in [2.05, 4.69) is 0 Å². The van der Waals surface area contributed by atoms with Gasteiger partial charge in [-0.1, -0.05) is 24.3 Å². The highest BCUT2D eigenvalue weighted by molar-refractivity contribution is 8.19. The molecule has 142 valence electrons. The summed E-state index contributed by atoms with van der Waals surface area (Å²) < 4.78 is 11.3. The summed E-state index contributed by atoms with van der Waals surface area (Å²) in [6.07, 6.45) is -0.597. The summed E-state index contributed by atoms with van der Waals surface area (Å²) in [7, 11) is 0. The predicted molar refractivity (Wildman–Crippen MR) is 107 cm³/mol. The number of ether oxygens (including phenoxy) is 2. The molecule has 2 aromatic carbocycles. The maximum Gasteiger partial charge on any atom is 0.344 e. The highest BCUT2D eigenvalue weighted by Crippen LogP contribution is 2.45. The lowest BCUT2D eigenvalue weighted by atomic mass is 10.1. The normalized spacial score (nSPS) is 15.3. The van der Waals surface area contributed by atoms with E-state index >= 15 is 0 Å². The number of hydrogen-bond donors (Lipinski definition) is 0. The van der Waals surface area contributed by atoms with Gasteiger partial charge < -0.3 is 9.47 Å². The van der Waals surface area contributed by atoms with E-state index in [0.717, 1.165) is 0 Å². The molecule has 6 nitrogen and oxygen atoms in total. The highest BCUT2D eigenvalue weighted by Gasteiger charge is 2.18. The molecule has 0 radical (unpaired) electrons. The van der Waals surface area contributed by atoms with Crippen LogP contribution in [0.1, 0.15) is 28.7 Å². The van der Waals surface area contributed by atoms with Crippen molar-refractivity contribution in [3.8, 4) is 5.75 Å². The van der Waals surface area contributed by atoms with Crippen LogP contribution in [0.15, 0.2) is 48.5 Å². The van der Waals surface area contributed by atoms with Crippen molar-refractivity contribution in [2.75, 3.05) is 18.1 Å². The molecule has 3 rings (SSSR count). The summed E-state index contributed by atoms with van der Waals surface area (Å²) in [4.78, 5) is 22.4. The monoisotopic (exact) mass is 405 g/mol. The van der Waals surface area contributed by atoms with Crippen LogP contribution in [0, 0.1) is 10.1 Å². The number of rotatable bonds is 7. The fourth-order valence-electron chi connectivity index (χ4n) is 2.60. The number of benzene rings is 2. The number of thioether (sulfide) groups is 2. The molecule has 1 atom stereocenters. The number of esters is 1. The van der Waals surface area contributed by atoms with E-state index in [0.29, 0.717) is 15.9 Å². The Morgan fingerprint density at radius 1 is 1.22 bits per heavy atom. The molecule has 0 N–H and O–H groups in total. The van der Waals surface area contributed by atoms with Gasteiger partial charge in [0.2, 0.25) is 0 Å². The standard InChI is InChI=1S/C19H19NO5S2/c1-13(15-3-2-4-16(11-15)20(22)23)25-18(21)12-24-17-7-5-14(6-8-17)19-26-9-10-27-19/h2-8,11,13,19H,9-10,12H2,1H3/t13-/m1/s1. The van der Waals surface area contributed by atoms with E-state index < -0.39 is 17.0 Å². The maximum absolute atomic E-state index is 12.0. The molecule has 0 amide bonds. The maximum atomic E-state index is 12.0. The van der Waals surface area contributed by atoms with Crippen molar-refractivity contribution < 1.29 is 19.2 Å². The minimum Gasteiger partial charge on any atom is -0.482 e. The van der Waals surface area contributed by atoms with Gasteiger partial charge in [0.1, 0.15) is 11.9 Å². The van der Waals surface area contributed by atoms with Crippen molar-refractivity contribution in [1.82, 2.24) is 0 Å². The highest BCUT2D eigenvalue weighted by atomic mass is 32.2. The van der Waals surface area contributed by atoms with Crippen LogP contribution in [0.3, 0.4) is 0 Å². The summed E-state index contributed by atoms with van der Waals surface area (Å²) in [6.45, 7) is 1.45. The number of nitro benzene ring substituents is 1. The fourth-order valence-corrected chi connectivity index (χ4v) is 5.46. The molecule has 0 spiro atoms. The van der Waals surface area contributed by atoms with Gasteiger partial charge in [-0.25, -0.2) is 4.79 Å². The van der Waals surface area contributed by atoms with E-state index in [1.165, 1.54) is 29.2 Å². The number of non-ortho nitro benzene ring substituents is 1. The van der Waals surface area contributed by atoms with E-state index in [4.69, 9.17) is 9.47 Å². The molecule has 1 heterocycles. The van der Waals surface area contributed by atoms with Crippen LogP contribution in [0.5, 0.6) is 5.75 Å². The number of carbonyl (C=O) groups excluding carboxylic acids is 1. The van der Waals surface area contributed by atoms with Crippen LogP contribution in [0.25, 0.3) is 0 Å². The smallest absolute Gasteiger partial charge is 0.344 e. The molecule has 1 saturated heterocycles. The lowest BCUT2D eigenvalue weighted by Gasteiger charge is -2.14. The Hall–Kier alpha value is -2.19. The van der Waals surface area contributed by atoms with E-state index in [1.54, 1.807) is 19.1 Å². The molecule has 0 aromatic heterocycles. The average Bonchev–Trinajstić information content (AvgIpc) is 3.21. The Balaban J connectivity index is 1.50. The number of nitro groups is 1. The molecule has 0 bridgehead atoms. The Morgan fingerprint density at radius 3 is 2.59 bits per heavy atom. The summed E-state index contributed by atoms with van der Waals surface area (Å²) in [6, 6.07) is 13.8. The third-order valence-electron chi connectivity index (χ3n) is 3.99. The van der Waals surface area contributed by atoms with Crippen LogP contribution in [0.2, 0.25) is 0 Å². The van der Waals surface area contributed by atoms with Gasteiger partial charge in [0.15, 0.2) is 6.61 Å². The van der Waals surface area contributed by atoms with Gasteiger partial charge in [-0.3, -0.25) is 10.1 Å². The second-order valence-electron chi connectivity index (χ2n) is 5.92. The quantitative estimate of drug-likeness (QED) is 0.373. The second-order valence-corrected chi connectivity index (χ2v) is 8.64. The zero-order valence-electron chi connectivity index (χ0n) is 14.7. The first kappa shape index (κ1) is 19.6. The molecule has 0 saturated carbocycles. The SMILES string of the molecule is C[C@@H](OC(=O)COc1ccc(C2SCCS2)cc1)c1cccc([N+](=O)[O-])c1. The van der Waals surface area contributed by atoms with Gasteiger partial charge in [-0.2, -0.15) is 0 Å². The summed E-state index contributed by atoms with van der Waals surface area (Å²) in [5.41, 5.74) is 1.77. The Kier molecular flexibility index (Phi) is 6.63. The lowest BCUT2D eigenvalue weighted by molar-refractivity contribution is -0.385. The van der Waals surface area contributed by atoms with E-state index in [1.807, 2.05) is 47.8 Å². The molecule has 1 aliphatic rings. The van der Waals surface area contributed by atoms with Gasteiger partial charge in [0, 0.05) is 23.6 Å². The summed E-state index contributed by atoms with van der Waals surface area (Å²) in [5, 5.41) is 10.8. The predicted octanol–water partition coefficient (Wildman–Crippen LogP) is 4.76. The van der Waals surface area contributed by atoms with Crippen molar-refractivity contribution in [3.63, 3.8) is 0 Å². The average molecular weight is 405 g/mol. The summed E-state index contributed by atoms with van der Waals surface area (Å²) >= 11 is 3.87. The third-order valence-corrected chi connectivity index (χ3v) is 7.09. The fraction of sp³-hybridized carbons (Fsp3) is 0.316. The molecular weight excluding hydrogens is 386 g/mol. The van der Waals surface area contributed by atoms with Crippen LogP contribution >= 0.6 is 23.5 Å². The Morgan fingerprint density at radius 2 is 1.93 bits per heavy atom. The molecular formula is C19H19NO5S2. The minimum atomic E-state index is -0.597. The van der Waals surface area contributed by atoms with Gasteiger partial charge in [0.05, 0.1) is 9.51 Å². The number of hydrogen-bond acceptors (Lipinski definition) is 7. The Bertz CT molecular complexity index is 806. The number of nitrogens with zero attached hydrogens (tertiary/aromatic N) is 1. The first-order valence-corrected chi connectivity index (χ1v) is 10.5. The topological polar surface area (TPSA) is 78.7 Å². The Labute approximate surface area is 165 Å². The molecule has 2 aromatic rings. The van der Waals surface area contributed by atoms with E-state index in [9.17, 15) is 14.9 Å². The zero-order valence-corrected chi connectivity index (χ0v) is 16.3.